The maximum absolute atomic E-state index is 11.8. The molecule has 1 atom stereocenters. The summed E-state index contributed by atoms with van der Waals surface area (Å²) in [5, 5.41) is 6.44. The number of nitrogens with one attached hydrogen (secondary N) is 2. The van der Waals surface area contributed by atoms with Crippen molar-refractivity contribution in [3.05, 3.63) is 23.1 Å². The van der Waals surface area contributed by atoms with Crippen molar-refractivity contribution >= 4 is 17.5 Å². The van der Waals surface area contributed by atoms with Gasteiger partial charge in [-0.2, -0.15) is 0 Å². The molecule has 1 aromatic rings. The fourth-order valence-corrected chi connectivity index (χ4v) is 2.08. The van der Waals surface area contributed by atoms with Crippen molar-refractivity contribution in [3.8, 4) is 0 Å². The van der Waals surface area contributed by atoms with E-state index in [4.69, 9.17) is 16.0 Å². The summed E-state index contributed by atoms with van der Waals surface area (Å²) in [4.78, 5) is 11.8. The summed E-state index contributed by atoms with van der Waals surface area (Å²) in [7, 11) is 0. The van der Waals surface area contributed by atoms with Crippen LogP contribution in [-0.2, 0) is 0 Å². The molecule has 1 amide bonds. The standard InChI is InChI=1S/C11H15ClN2O2/c12-10-9(4-7-16-10)11(15)14-8-2-1-5-13-6-3-8/h4,7-8,13H,1-3,5-6H2,(H,14,15). The van der Waals surface area contributed by atoms with Gasteiger partial charge in [0.25, 0.3) is 5.91 Å². The second-order valence-corrected chi connectivity index (χ2v) is 4.30. The average Bonchev–Trinajstić information content (AvgIpc) is 2.53. The summed E-state index contributed by atoms with van der Waals surface area (Å²) in [6.07, 6.45) is 4.48. The van der Waals surface area contributed by atoms with Gasteiger partial charge in [-0.25, -0.2) is 0 Å². The quantitative estimate of drug-likeness (QED) is 0.832. The lowest BCUT2D eigenvalue weighted by Crippen LogP contribution is -2.35. The second kappa shape index (κ2) is 5.37. The van der Waals surface area contributed by atoms with Gasteiger partial charge in [0.1, 0.15) is 0 Å². The van der Waals surface area contributed by atoms with Crippen LogP contribution in [0.25, 0.3) is 0 Å². The molecule has 1 saturated heterocycles. The molecule has 0 aliphatic carbocycles. The maximum Gasteiger partial charge on any atom is 0.256 e. The van der Waals surface area contributed by atoms with Gasteiger partial charge >= 0.3 is 0 Å². The van der Waals surface area contributed by atoms with E-state index in [1.807, 2.05) is 0 Å². The Morgan fingerprint density at radius 2 is 2.38 bits per heavy atom. The molecular formula is C11H15ClN2O2. The first-order chi connectivity index (χ1) is 7.77. The summed E-state index contributed by atoms with van der Waals surface area (Å²) in [5.74, 6) is -0.148. The number of furan rings is 1. The minimum Gasteiger partial charge on any atom is -0.452 e. The maximum atomic E-state index is 11.8. The van der Waals surface area contributed by atoms with E-state index in [0.29, 0.717) is 5.56 Å². The molecule has 88 valence electrons. The zero-order chi connectivity index (χ0) is 11.4. The molecule has 2 heterocycles. The predicted octanol–water partition coefficient (Wildman–Crippen LogP) is 1.80. The largest absolute Gasteiger partial charge is 0.452 e. The molecule has 0 bridgehead atoms. The minimum absolute atomic E-state index is 0.148. The first kappa shape index (κ1) is 11.5. The Bertz CT molecular complexity index is 357. The van der Waals surface area contributed by atoms with Crippen LogP contribution < -0.4 is 10.6 Å². The lowest BCUT2D eigenvalue weighted by Gasteiger charge is -2.15. The first-order valence-corrected chi connectivity index (χ1v) is 5.90. The highest BCUT2D eigenvalue weighted by Gasteiger charge is 2.18. The van der Waals surface area contributed by atoms with Gasteiger partial charge in [0.05, 0.1) is 11.8 Å². The number of hydrogen-bond acceptors (Lipinski definition) is 3. The highest BCUT2D eigenvalue weighted by atomic mass is 35.5. The van der Waals surface area contributed by atoms with Gasteiger partial charge in [-0.1, -0.05) is 0 Å². The SMILES string of the molecule is O=C(NC1CCCNCC1)c1ccoc1Cl. The van der Waals surface area contributed by atoms with E-state index in [0.717, 1.165) is 32.4 Å². The van der Waals surface area contributed by atoms with Crippen LogP contribution in [-0.4, -0.2) is 25.0 Å². The third-order valence-corrected chi connectivity index (χ3v) is 3.07. The first-order valence-electron chi connectivity index (χ1n) is 5.52. The lowest BCUT2D eigenvalue weighted by molar-refractivity contribution is 0.0933. The monoisotopic (exact) mass is 242 g/mol. The van der Waals surface area contributed by atoms with Crippen LogP contribution in [0.3, 0.4) is 0 Å². The Hall–Kier alpha value is -1.00. The molecule has 0 saturated carbocycles. The molecule has 16 heavy (non-hydrogen) atoms. The Kier molecular flexibility index (Phi) is 3.85. The minimum atomic E-state index is -0.148. The Morgan fingerprint density at radius 3 is 3.12 bits per heavy atom. The molecule has 0 aromatic carbocycles. The van der Waals surface area contributed by atoms with Gasteiger partial charge < -0.3 is 15.1 Å². The topological polar surface area (TPSA) is 54.3 Å². The van der Waals surface area contributed by atoms with E-state index >= 15 is 0 Å². The van der Waals surface area contributed by atoms with Gasteiger partial charge in [0, 0.05) is 6.04 Å². The van der Waals surface area contributed by atoms with Crippen molar-refractivity contribution in [2.45, 2.75) is 25.3 Å². The van der Waals surface area contributed by atoms with E-state index in [2.05, 4.69) is 10.6 Å². The smallest absolute Gasteiger partial charge is 0.256 e. The van der Waals surface area contributed by atoms with Crippen molar-refractivity contribution in [2.24, 2.45) is 0 Å². The zero-order valence-corrected chi connectivity index (χ0v) is 9.72. The van der Waals surface area contributed by atoms with Crippen molar-refractivity contribution in [1.82, 2.24) is 10.6 Å². The number of rotatable bonds is 2. The molecule has 2 rings (SSSR count). The summed E-state index contributed by atoms with van der Waals surface area (Å²) < 4.78 is 4.89. The lowest BCUT2D eigenvalue weighted by atomic mass is 10.1. The van der Waals surface area contributed by atoms with E-state index in [1.54, 1.807) is 6.07 Å². The summed E-state index contributed by atoms with van der Waals surface area (Å²) in [6.45, 7) is 1.98. The fraction of sp³-hybridized carbons (Fsp3) is 0.545. The number of amides is 1. The van der Waals surface area contributed by atoms with Crippen LogP contribution >= 0.6 is 11.6 Å². The molecule has 0 spiro atoms. The molecule has 1 aliphatic heterocycles. The Labute approximate surface area is 99.3 Å². The summed E-state index contributed by atoms with van der Waals surface area (Å²) in [6, 6.07) is 1.82. The average molecular weight is 243 g/mol. The highest BCUT2D eigenvalue weighted by Crippen LogP contribution is 2.17. The Balaban J connectivity index is 1.93. The van der Waals surface area contributed by atoms with Gasteiger partial charge in [-0.3, -0.25) is 4.79 Å². The Morgan fingerprint density at radius 1 is 1.50 bits per heavy atom. The number of hydrogen-bond donors (Lipinski definition) is 2. The van der Waals surface area contributed by atoms with Gasteiger partial charge in [-0.15, -0.1) is 0 Å². The molecule has 2 N–H and O–H groups in total. The normalized spacial score (nSPS) is 21.4. The van der Waals surface area contributed by atoms with Crippen molar-refractivity contribution in [3.63, 3.8) is 0 Å². The zero-order valence-electron chi connectivity index (χ0n) is 8.96. The molecule has 0 radical (unpaired) electrons. The summed E-state index contributed by atoms with van der Waals surface area (Å²) >= 11 is 5.74. The van der Waals surface area contributed by atoms with Crippen LogP contribution in [0.15, 0.2) is 16.7 Å². The van der Waals surface area contributed by atoms with Crippen molar-refractivity contribution in [2.75, 3.05) is 13.1 Å². The van der Waals surface area contributed by atoms with Crippen LogP contribution in [0.4, 0.5) is 0 Å². The van der Waals surface area contributed by atoms with Crippen LogP contribution in [0.1, 0.15) is 29.6 Å². The van der Waals surface area contributed by atoms with E-state index < -0.39 is 0 Å². The van der Waals surface area contributed by atoms with E-state index in [9.17, 15) is 4.79 Å². The molecule has 5 heteroatoms. The molecule has 1 aromatic heterocycles. The number of halogens is 1. The molecule has 1 fully saturated rings. The predicted molar refractivity (Wildman–Crippen MR) is 61.7 cm³/mol. The number of carbonyl (C=O) groups is 1. The van der Waals surface area contributed by atoms with Gasteiger partial charge in [0.2, 0.25) is 5.22 Å². The molecule has 1 unspecified atom stereocenters. The third kappa shape index (κ3) is 2.77. The third-order valence-electron chi connectivity index (χ3n) is 2.77. The van der Waals surface area contributed by atoms with E-state index in [-0.39, 0.29) is 17.2 Å². The van der Waals surface area contributed by atoms with Crippen LogP contribution in [0.5, 0.6) is 0 Å². The van der Waals surface area contributed by atoms with Gasteiger partial charge in [-0.05, 0) is 50.0 Å². The fourth-order valence-electron chi connectivity index (χ4n) is 1.88. The molecular weight excluding hydrogens is 228 g/mol. The van der Waals surface area contributed by atoms with E-state index in [1.165, 1.54) is 6.26 Å². The van der Waals surface area contributed by atoms with Gasteiger partial charge in [0.15, 0.2) is 0 Å². The van der Waals surface area contributed by atoms with Crippen LogP contribution in [0.2, 0.25) is 5.22 Å². The van der Waals surface area contributed by atoms with Crippen molar-refractivity contribution < 1.29 is 9.21 Å². The van der Waals surface area contributed by atoms with Crippen molar-refractivity contribution in [1.29, 1.82) is 0 Å². The second-order valence-electron chi connectivity index (χ2n) is 3.96. The highest BCUT2D eigenvalue weighted by molar-refractivity contribution is 6.32. The van der Waals surface area contributed by atoms with Crippen LogP contribution in [0, 0.1) is 0 Å². The molecule has 1 aliphatic rings. The summed E-state index contributed by atoms with van der Waals surface area (Å²) in [5.41, 5.74) is 0.416. The number of carbonyl (C=O) groups excluding carboxylic acids is 1. The molecule has 4 nitrogen and oxygen atoms in total.